The first-order valence-electron chi connectivity index (χ1n) is 7.36. The average Bonchev–Trinajstić information content (AvgIpc) is 2.42. The molecule has 0 amide bonds. The zero-order valence-electron chi connectivity index (χ0n) is 12.5. The quantitative estimate of drug-likeness (QED) is 0.709. The largest absolute Gasteiger partial charge is 0.398 e. The van der Waals surface area contributed by atoms with E-state index in [0.717, 1.165) is 18.5 Å². The third-order valence-corrected chi connectivity index (χ3v) is 3.78. The molecular weight excluding hydrogens is 236 g/mol. The molecule has 0 aliphatic carbocycles. The minimum absolute atomic E-state index is 0.492. The van der Waals surface area contributed by atoms with E-state index >= 15 is 0 Å². The normalized spacial score (nSPS) is 14.6. The Kier molecular flexibility index (Phi) is 6.89. The summed E-state index contributed by atoms with van der Waals surface area (Å²) in [6, 6.07) is 8.07. The first kappa shape index (κ1) is 16.0. The summed E-state index contributed by atoms with van der Waals surface area (Å²) in [6.07, 6.45) is 2.94. The molecule has 2 unspecified atom stereocenters. The third-order valence-electron chi connectivity index (χ3n) is 3.78. The van der Waals surface area contributed by atoms with E-state index < -0.39 is 6.10 Å². The number of benzene rings is 1. The summed E-state index contributed by atoms with van der Waals surface area (Å²) in [5.41, 5.74) is 7.44. The number of rotatable bonds is 8. The van der Waals surface area contributed by atoms with Gasteiger partial charge in [-0.15, -0.1) is 0 Å². The van der Waals surface area contributed by atoms with Gasteiger partial charge in [0.1, 0.15) is 0 Å². The molecule has 0 fully saturated rings. The second kappa shape index (κ2) is 8.18. The molecule has 3 N–H and O–H groups in total. The summed E-state index contributed by atoms with van der Waals surface area (Å²) in [5.74, 6) is 0. The minimum atomic E-state index is -0.507. The van der Waals surface area contributed by atoms with Crippen LogP contribution in [0.1, 0.15) is 51.7 Å². The van der Waals surface area contributed by atoms with Gasteiger partial charge in [0, 0.05) is 23.8 Å². The molecule has 1 rings (SSSR count). The first-order chi connectivity index (χ1) is 9.10. The van der Waals surface area contributed by atoms with Gasteiger partial charge in [-0.25, -0.2) is 0 Å². The molecule has 0 aliphatic rings. The Morgan fingerprint density at radius 1 is 1.26 bits per heavy atom. The highest BCUT2D eigenvalue weighted by molar-refractivity contribution is 5.47. The Hall–Kier alpha value is -1.06. The summed E-state index contributed by atoms with van der Waals surface area (Å²) >= 11 is 0. The van der Waals surface area contributed by atoms with Gasteiger partial charge in [-0.1, -0.05) is 38.5 Å². The maximum absolute atomic E-state index is 10.4. The molecule has 0 radical (unpaired) electrons. The van der Waals surface area contributed by atoms with Crippen LogP contribution < -0.4 is 5.73 Å². The Bertz CT molecular complexity index is 368. The fourth-order valence-corrected chi connectivity index (χ4v) is 2.25. The van der Waals surface area contributed by atoms with E-state index in [-0.39, 0.29) is 0 Å². The highest BCUT2D eigenvalue weighted by Crippen LogP contribution is 2.22. The fraction of sp³-hybridized carbons (Fsp3) is 0.625. The van der Waals surface area contributed by atoms with Gasteiger partial charge in [0.05, 0.1) is 6.10 Å². The monoisotopic (exact) mass is 264 g/mol. The van der Waals surface area contributed by atoms with Crippen LogP contribution >= 0.6 is 0 Å². The predicted molar refractivity (Wildman–Crippen MR) is 82.0 cm³/mol. The standard InChI is InChI=1S/C16H28N2O/c1-4-6-11-18(13(3)5-2)12-16(19)14-9-7-8-10-15(14)17/h7-10,13,16,19H,4-6,11-12,17H2,1-3H3. The molecule has 0 saturated carbocycles. The molecular formula is C16H28N2O. The molecule has 19 heavy (non-hydrogen) atoms. The number of nitrogen functional groups attached to an aromatic ring is 1. The SMILES string of the molecule is CCCCN(CC(O)c1ccccc1N)C(C)CC. The van der Waals surface area contributed by atoms with Crippen LogP contribution in [0.2, 0.25) is 0 Å². The number of hydrogen-bond donors (Lipinski definition) is 2. The van der Waals surface area contributed by atoms with Gasteiger partial charge in [0.2, 0.25) is 0 Å². The molecule has 0 saturated heterocycles. The lowest BCUT2D eigenvalue weighted by Crippen LogP contribution is -2.37. The van der Waals surface area contributed by atoms with Gasteiger partial charge in [-0.3, -0.25) is 4.90 Å². The van der Waals surface area contributed by atoms with Crippen LogP contribution in [0.25, 0.3) is 0 Å². The highest BCUT2D eigenvalue weighted by Gasteiger charge is 2.18. The van der Waals surface area contributed by atoms with E-state index in [4.69, 9.17) is 5.73 Å². The highest BCUT2D eigenvalue weighted by atomic mass is 16.3. The maximum atomic E-state index is 10.4. The van der Waals surface area contributed by atoms with Crippen molar-refractivity contribution in [3.63, 3.8) is 0 Å². The number of nitrogens with zero attached hydrogens (tertiary/aromatic N) is 1. The van der Waals surface area contributed by atoms with Crippen LogP contribution in [-0.4, -0.2) is 29.1 Å². The van der Waals surface area contributed by atoms with Crippen molar-refractivity contribution in [3.05, 3.63) is 29.8 Å². The summed E-state index contributed by atoms with van der Waals surface area (Å²) in [7, 11) is 0. The van der Waals surface area contributed by atoms with Crippen LogP contribution in [0, 0.1) is 0 Å². The van der Waals surface area contributed by atoms with E-state index in [1.54, 1.807) is 0 Å². The number of para-hydroxylation sites is 1. The lowest BCUT2D eigenvalue weighted by Gasteiger charge is -2.30. The molecule has 3 nitrogen and oxygen atoms in total. The summed E-state index contributed by atoms with van der Waals surface area (Å²) in [5, 5.41) is 10.4. The van der Waals surface area contributed by atoms with Crippen LogP contribution in [0.15, 0.2) is 24.3 Å². The smallest absolute Gasteiger partial charge is 0.0936 e. The van der Waals surface area contributed by atoms with Crippen molar-refractivity contribution in [2.75, 3.05) is 18.8 Å². The molecule has 108 valence electrons. The zero-order valence-corrected chi connectivity index (χ0v) is 12.5. The van der Waals surface area contributed by atoms with Crippen molar-refractivity contribution < 1.29 is 5.11 Å². The van der Waals surface area contributed by atoms with E-state index in [9.17, 15) is 5.11 Å². The maximum Gasteiger partial charge on any atom is 0.0936 e. The number of unbranched alkanes of at least 4 members (excludes halogenated alkanes) is 1. The van der Waals surface area contributed by atoms with E-state index in [1.807, 2.05) is 24.3 Å². The Morgan fingerprint density at radius 2 is 1.95 bits per heavy atom. The number of nitrogens with two attached hydrogens (primary N) is 1. The first-order valence-corrected chi connectivity index (χ1v) is 7.36. The topological polar surface area (TPSA) is 49.5 Å². The van der Waals surface area contributed by atoms with E-state index in [0.29, 0.717) is 18.3 Å². The summed E-state index contributed by atoms with van der Waals surface area (Å²) in [6.45, 7) is 8.29. The van der Waals surface area contributed by atoms with Gasteiger partial charge in [-0.05, 0) is 32.4 Å². The number of hydrogen-bond acceptors (Lipinski definition) is 3. The second-order valence-corrected chi connectivity index (χ2v) is 5.25. The molecule has 0 spiro atoms. The van der Waals surface area contributed by atoms with Gasteiger partial charge < -0.3 is 10.8 Å². The van der Waals surface area contributed by atoms with Gasteiger partial charge >= 0.3 is 0 Å². The lowest BCUT2D eigenvalue weighted by molar-refractivity contribution is 0.0891. The minimum Gasteiger partial charge on any atom is -0.398 e. The van der Waals surface area contributed by atoms with Crippen LogP contribution in [0.4, 0.5) is 5.69 Å². The molecule has 0 heterocycles. The summed E-state index contributed by atoms with van der Waals surface area (Å²) < 4.78 is 0. The molecule has 3 heteroatoms. The Labute approximate surface area is 117 Å². The third kappa shape index (κ3) is 4.84. The number of aliphatic hydroxyl groups is 1. The number of anilines is 1. The molecule has 1 aromatic rings. The Balaban J connectivity index is 2.70. The molecule has 1 aromatic carbocycles. The molecule has 0 bridgehead atoms. The van der Waals surface area contributed by atoms with Crippen molar-refractivity contribution in [3.8, 4) is 0 Å². The molecule has 0 aliphatic heterocycles. The van der Waals surface area contributed by atoms with Crippen molar-refractivity contribution in [2.45, 2.75) is 52.2 Å². The molecule has 0 aromatic heterocycles. The van der Waals surface area contributed by atoms with Gasteiger partial charge in [0.25, 0.3) is 0 Å². The van der Waals surface area contributed by atoms with Crippen LogP contribution in [0.5, 0.6) is 0 Å². The Morgan fingerprint density at radius 3 is 2.53 bits per heavy atom. The predicted octanol–water partition coefficient (Wildman–Crippen LogP) is 3.20. The zero-order chi connectivity index (χ0) is 14.3. The average molecular weight is 264 g/mol. The molecule has 2 atom stereocenters. The summed E-state index contributed by atoms with van der Waals surface area (Å²) in [4.78, 5) is 2.36. The lowest BCUT2D eigenvalue weighted by atomic mass is 10.1. The second-order valence-electron chi connectivity index (χ2n) is 5.25. The van der Waals surface area contributed by atoms with Crippen molar-refractivity contribution >= 4 is 5.69 Å². The van der Waals surface area contributed by atoms with Crippen molar-refractivity contribution in [1.82, 2.24) is 4.90 Å². The van der Waals surface area contributed by atoms with E-state index in [2.05, 4.69) is 25.7 Å². The van der Waals surface area contributed by atoms with Crippen molar-refractivity contribution in [2.24, 2.45) is 0 Å². The van der Waals surface area contributed by atoms with Gasteiger partial charge in [-0.2, -0.15) is 0 Å². The van der Waals surface area contributed by atoms with E-state index in [1.165, 1.54) is 12.8 Å². The van der Waals surface area contributed by atoms with Gasteiger partial charge in [0.15, 0.2) is 0 Å². The van der Waals surface area contributed by atoms with Crippen LogP contribution in [-0.2, 0) is 0 Å². The fourth-order valence-electron chi connectivity index (χ4n) is 2.25. The van der Waals surface area contributed by atoms with Crippen LogP contribution in [0.3, 0.4) is 0 Å². The van der Waals surface area contributed by atoms with Crippen molar-refractivity contribution in [1.29, 1.82) is 0 Å². The number of aliphatic hydroxyl groups excluding tert-OH is 1.